The first-order valence-electron chi connectivity index (χ1n) is 10.0. The molecule has 1 aromatic carbocycles. The maximum absolute atomic E-state index is 12.7. The molecule has 5 heteroatoms. The van der Waals surface area contributed by atoms with E-state index in [1.807, 2.05) is 24.3 Å². The molecule has 4 unspecified atom stereocenters. The number of nitrogens with zero attached hydrogens (tertiary/aromatic N) is 1. The minimum Gasteiger partial charge on any atom is -0.346 e. The second kappa shape index (κ2) is 8.67. The van der Waals surface area contributed by atoms with Crippen molar-refractivity contribution in [1.82, 2.24) is 20.6 Å². The first-order valence-corrected chi connectivity index (χ1v) is 10.0. The molecule has 0 spiro atoms. The molecule has 1 aromatic heterocycles. The van der Waals surface area contributed by atoms with Crippen LogP contribution in [0.5, 0.6) is 0 Å². The molecule has 2 aromatic rings. The van der Waals surface area contributed by atoms with Gasteiger partial charge in [0.15, 0.2) is 0 Å². The molecule has 2 heterocycles. The maximum atomic E-state index is 12.7. The van der Waals surface area contributed by atoms with Crippen LogP contribution in [-0.4, -0.2) is 29.0 Å². The Morgan fingerprint density at radius 3 is 2.85 bits per heavy atom. The Kier molecular flexibility index (Phi) is 6.30. The number of fused-ring (bicyclic) bond motifs is 1. The van der Waals surface area contributed by atoms with Crippen LogP contribution in [0.15, 0.2) is 24.3 Å². The standard InChI is InChI=1S/C21H32N4O/c1-4-14(2)20(21-23-17-9-5-6-10-18(17)24-21)25-19(26)12-15(3)16-8-7-11-22-13-16/h5-6,9-10,14-16,20,22H,4,7-8,11-13H2,1-3H3,(H,23,24)(H,25,26). The van der Waals surface area contributed by atoms with Gasteiger partial charge in [0.25, 0.3) is 0 Å². The summed E-state index contributed by atoms with van der Waals surface area (Å²) in [5.41, 5.74) is 1.97. The van der Waals surface area contributed by atoms with E-state index in [4.69, 9.17) is 4.98 Å². The number of aromatic amines is 1. The summed E-state index contributed by atoms with van der Waals surface area (Å²) >= 11 is 0. The number of rotatable bonds is 7. The number of hydrogen-bond donors (Lipinski definition) is 3. The number of para-hydroxylation sites is 2. The molecule has 1 fully saturated rings. The molecule has 3 N–H and O–H groups in total. The lowest BCUT2D eigenvalue weighted by Crippen LogP contribution is -2.37. The Hall–Kier alpha value is -1.88. The molecule has 4 atom stereocenters. The largest absolute Gasteiger partial charge is 0.346 e. The van der Waals surface area contributed by atoms with Crippen LogP contribution in [0.1, 0.15) is 58.3 Å². The summed E-state index contributed by atoms with van der Waals surface area (Å²) in [4.78, 5) is 20.9. The molecule has 0 aliphatic carbocycles. The van der Waals surface area contributed by atoms with Crippen molar-refractivity contribution in [3.8, 4) is 0 Å². The zero-order chi connectivity index (χ0) is 18.5. The minimum absolute atomic E-state index is 0.0726. The van der Waals surface area contributed by atoms with Gasteiger partial charge in [0.1, 0.15) is 5.82 Å². The predicted molar refractivity (Wildman–Crippen MR) is 106 cm³/mol. The van der Waals surface area contributed by atoms with E-state index in [2.05, 4.69) is 36.4 Å². The van der Waals surface area contributed by atoms with Gasteiger partial charge in [-0.15, -0.1) is 0 Å². The number of imidazole rings is 1. The third kappa shape index (κ3) is 4.44. The molecule has 0 saturated carbocycles. The smallest absolute Gasteiger partial charge is 0.220 e. The first kappa shape index (κ1) is 18.9. The number of H-pyrrole nitrogens is 1. The summed E-state index contributed by atoms with van der Waals surface area (Å²) in [5, 5.41) is 6.71. The zero-order valence-corrected chi connectivity index (χ0v) is 16.2. The average Bonchev–Trinajstić information content (AvgIpc) is 3.10. The normalized spacial score (nSPS) is 21.3. The number of aromatic nitrogens is 2. The molecule has 1 aliphatic rings. The van der Waals surface area contributed by atoms with Crippen LogP contribution in [0.2, 0.25) is 0 Å². The van der Waals surface area contributed by atoms with Gasteiger partial charge in [-0.1, -0.05) is 39.3 Å². The summed E-state index contributed by atoms with van der Waals surface area (Å²) in [6.07, 6.45) is 4.01. The van der Waals surface area contributed by atoms with Gasteiger partial charge in [0.05, 0.1) is 17.1 Å². The number of amides is 1. The number of hydrogen-bond acceptors (Lipinski definition) is 3. The molecule has 0 bridgehead atoms. The lowest BCUT2D eigenvalue weighted by molar-refractivity contribution is -0.123. The molecule has 142 valence electrons. The van der Waals surface area contributed by atoms with E-state index in [9.17, 15) is 4.79 Å². The SMILES string of the molecule is CCC(C)C(NC(=O)CC(C)C1CCCNC1)c1nc2ccccc2[nH]1. The van der Waals surface area contributed by atoms with Crippen molar-refractivity contribution in [3.63, 3.8) is 0 Å². The van der Waals surface area contributed by atoms with Crippen LogP contribution < -0.4 is 10.6 Å². The van der Waals surface area contributed by atoms with Crippen molar-refractivity contribution in [2.75, 3.05) is 13.1 Å². The van der Waals surface area contributed by atoms with Crippen LogP contribution in [0.4, 0.5) is 0 Å². The van der Waals surface area contributed by atoms with E-state index in [0.717, 1.165) is 36.4 Å². The summed E-state index contributed by atoms with van der Waals surface area (Å²) in [5.74, 6) is 2.32. The highest BCUT2D eigenvalue weighted by Crippen LogP contribution is 2.26. The van der Waals surface area contributed by atoms with Gasteiger partial charge in [0.2, 0.25) is 5.91 Å². The van der Waals surface area contributed by atoms with Gasteiger partial charge >= 0.3 is 0 Å². The van der Waals surface area contributed by atoms with Crippen molar-refractivity contribution in [2.45, 2.75) is 52.5 Å². The molecular weight excluding hydrogens is 324 g/mol. The fourth-order valence-electron chi connectivity index (χ4n) is 3.89. The summed E-state index contributed by atoms with van der Waals surface area (Å²) in [6, 6.07) is 7.95. The summed E-state index contributed by atoms with van der Waals surface area (Å²) < 4.78 is 0. The topological polar surface area (TPSA) is 69.8 Å². The van der Waals surface area contributed by atoms with Crippen molar-refractivity contribution >= 4 is 16.9 Å². The van der Waals surface area contributed by atoms with Crippen molar-refractivity contribution < 1.29 is 4.79 Å². The molecule has 3 rings (SSSR count). The maximum Gasteiger partial charge on any atom is 0.220 e. The number of carbonyl (C=O) groups is 1. The molecule has 1 amide bonds. The van der Waals surface area contributed by atoms with Crippen molar-refractivity contribution in [2.24, 2.45) is 17.8 Å². The van der Waals surface area contributed by atoms with E-state index in [0.29, 0.717) is 24.2 Å². The Morgan fingerprint density at radius 2 is 2.15 bits per heavy atom. The molecular formula is C21H32N4O. The van der Waals surface area contributed by atoms with E-state index in [-0.39, 0.29) is 11.9 Å². The number of nitrogens with one attached hydrogen (secondary N) is 3. The monoisotopic (exact) mass is 356 g/mol. The van der Waals surface area contributed by atoms with Gasteiger partial charge in [-0.05, 0) is 55.8 Å². The Morgan fingerprint density at radius 1 is 1.35 bits per heavy atom. The first-order chi connectivity index (χ1) is 12.6. The molecule has 1 saturated heterocycles. The fraction of sp³-hybridized carbons (Fsp3) is 0.619. The highest BCUT2D eigenvalue weighted by Gasteiger charge is 2.26. The van der Waals surface area contributed by atoms with E-state index >= 15 is 0 Å². The van der Waals surface area contributed by atoms with Crippen LogP contribution in [0.3, 0.4) is 0 Å². The minimum atomic E-state index is -0.0726. The van der Waals surface area contributed by atoms with Gasteiger partial charge in [0, 0.05) is 6.42 Å². The second-order valence-corrected chi connectivity index (χ2v) is 7.86. The van der Waals surface area contributed by atoms with E-state index < -0.39 is 0 Å². The summed E-state index contributed by atoms with van der Waals surface area (Å²) in [7, 11) is 0. The van der Waals surface area contributed by atoms with Gasteiger partial charge in [-0.3, -0.25) is 4.79 Å². The predicted octanol–water partition coefficient (Wildman–Crippen LogP) is 3.79. The third-order valence-electron chi connectivity index (χ3n) is 5.88. The number of piperidine rings is 1. The van der Waals surface area contributed by atoms with Crippen molar-refractivity contribution in [3.05, 3.63) is 30.1 Å². The van der Waals surface area contributed by atoms with Gasteiger partial charge in [-0.25, -0.2) is 4.98 Å². The quantitative estimate of drug-likeness (QED) is 0.707. The van der Waals surface area contributed by atoms with Gasteiger partial charge < -0.3 is 15.6 Å². The highest BCUT2D eigenvalue weighted by molar-refractivity contribution is 5.77. The lowest BCUT2D eigenvalue weighted by Gasteiger charge is -2.29. The van der Waals surface area contributed by atoms with E-state index in [1.165, 1.54) is 12.8 Å². The zero-order valence-electron chi connectivity index (χ0n) is 16.2. The van der Waals surface area contributed by atoms with Crippen LogP contribution in [-0.2, 0) is 4.79 Å². The van der Waals surface area contributed by atoms with Crippen LogP contribution in [0.25, 0.3) is 11.0 Å². The molecule has 5 nitrogen and oxygen atoms in total. The molecule has 0 radical (unpaired) electrons. The molecule has 26 heavy (non-hydrogen) atoms. The van der Waals surface area contributed by atoms with Crippen LogP contribution >= 0.6 is 0 Å². The van der Waals surface area contributed by atoms with E-state index in [1.54, 1.807) is 0 Å². The summed E-state index contributed by atoms with van der Waals surface area (Å²) in [6.45, 7) is 8.68. The number of benzene rings is 1. The van der Waals surface area contributed by atoms with Gasteiger partial charge in [-0.2, -0.15) is 0 Å². The van der Waals surface area contributed by atoms with Crippen molar-refractivity contribution in [1.29, 1.82) is 0 Å². The average molecular weight is 357 g/mol. The second-order valence-electron chi connectivity index (χ2n) is 7.86. The fourth-order valence-corrected chi connectivity index (χ4v) is 3.89. The Bertz CT molecular complexity index is 687. The number of carbonyl (C=O) groups excluding carboxylic acids is 1. The Balaban J connectivity index is 1.68. The molecule has 1 aliphatic heterocycles. The Labute approximate surface area is 156 Å². The third-order valence-corrected chi connectivity index (χ3v) is 5.88. The van der Waals surface area contributed by atoms with Crippen LogP contribution in [0, 0.1) is 17.8 Å². The lowest BCUT2D eigenvalue weighted by atomic mass is 9.85. The highest BCUT2D eigenvalue weighted by atomic mass is 16.1.